The lowest BCUT2D eigenvalue weighted by atomic mass is 9.75. The smallest absolute Gasteiger partial charge is 0.161 e. The number of methoxy groups -OCH3 is 2. The fourth-order valence-corrected chi connectivity index (χ4v) is 2.80. The van der Waals surface area contributed by atoms with Gasteiger partial charge in [-0.2, -0.15) is 0 Å². The number of fused-ring (bicyclic) bond motifs is 3. The third-order valence-electron chi connectivity index (χ3n) is 3.79. The van der Waals surface area contributed by atoms with E-state index >= 15 is 0 Å². The molecule has 1 aromatic rings. The van der Waals surface area contributed by atoms with E-state index in [1.165, 1.54) is 0 Å². The maximum Gasteiger partial charge on any atom is 0.161 e. The maximum absolute atomic E-state index is 11.5. The molecule has 0 aromatic heterocycles. The van der Waals surface area contributed by atoms with Gasteiger partial charge >= 0.3 is 0 Å². The highest BCUT2D eigenvalue weighted by Crippen LogP contribution is 2.44. The molecule has 1 N–H and O–H groups in total. The zero-order valence-electron chi connectivity index (χ0n) is 32.9. The largest absolute Gasteiger partial charge is 0.493 e. The Labute approximate surface area is 173 Å². The van der Waals surface area contributed by atoms with Crippen LogP contribution in [0.15, 0.2) is 12.1 Å². The molecule has 2 aliphatic heterocycles. The lowest BCUT2D eigenvalue weighted by molar-refractivity contribution is -0.0259. The Morgan fingerprint density at radius 3 is 2.88 bits per heavy atom. The molecule has 3 rings (SSSR count). The van der Waals surface area contributed by atoms with E-state index in [2.05, 4.69) is 0 Å². The molecule has 134 valence electrons. The zero-order chi connectivity index (χ0) is 34.7. The summed E-state index contributed by atoms with van der Waals surface area (Å²) in [6.45, 7) is -11.5. The molecular formula is C20H31NO3. The van der Waals surface area contributed by atoms with E-state index in [0.29, 0.717) is 11.8 Å². The molecule has 0 aliphatic carbocycles. The number of nitrogens with zero attached hydrogens (tertiary/aromatic N) is 1. The number of ether oxygens (including phenoxy) is 2. The summed E-state index contributed by atoms with van der Waals surface area (Å²) in [5.41, 5.74) is -3.94. The first-order chi connectivity index (χ1) is 19.1. The summed E-state index contributed by atoms with van der Waals surface area (Å²) in [4.78, 5) is 0.534. The van der Waals surface area contributed by atoms with Gasteiger partial charge in [-0.25, -0.2) is 0 Å². The number of hydrogen-bond acceptors (Lipinski definition) is 4. The molecule has 0 saturated carbocycles. The highest BCUT2D eigenvalue weighted by molar-refractivity contribution is 5.49. The third-order valence-corrected chi connectivity index (χ3v) is 3.79. The number of aliphatic hydroxyl groups is 1. The summed E-state index contributed by atoms with van der Waals surface area (Å²) >= 11 is 0. The van der Waals surface area contributed by atoms with Crippen LogP contribution in [0.2, 0.25) is 0 Å². The second-order valence-corrected chi connectivity index (χ2v) is 5.78. The Morgan fingerprint density at radius 1 is 1.42 bits per heavy atom. The van der Waals surface area contributed by atoms with Crippen molar-refractivity contribution >= 4 is 0 Å². The zero-order valence-corrected chi connectivity index (χ0v) is 12.9. The van der Waals surface area contributed by atoms with Crippen LogP contribution in [-0.2, 0) is 6.42 Å². The van der Waals surface area contributed by atoms with Crippen molar-refractivity contribution in [3.05, 3.63) is 23.3 Å². The maximum atomic E-state index is 11.5. The highest BCUT2D eigenvalue weighted by Gasteiger charge is 2.39. The van der Waals surface area contributed by atoms with Crippen molar-refractivity contribution in [1.82, 2.24) is 4.90 Å². The van der Waals surface area contributed by atoms with Crippen molar-refractivity contribution < 1.29 is 42.0 Å². The molecule has 1 saturated heterocycles. The van der Waals surface area contributed by atoms with Gasteiger partial charge in [0.2, 0.25) is 0 Å². The van der Waals surface area contributed by atoms with Crippen molar-refractivity contribution in [3.63, 3.8) is 0 Å². The van der Waals surface area contributed by atoms with Gasteiger partial charge in [-0.1, -0.05) is 20.6 Å². The molecule has 4 nitrogen and oxygen atoms in total. The van der Waals surface area contributed by atoms with Crippen molar-refractivity contribution in [2.75, 3.05) is 27.1 Å². The van der Waals surface area contributed by atoms with Gasteiger partial charge in [0, 0.05) is 36.9 Å². The lowest BCUT2D eigenvalue weighted by Gasteiger charge is -2.47. The Kier molecular flexibility index (Phi) is 1.47. The van der Waals surface area contributed by atoms with Crippen LogP contribution in [0, 0.1) is 11.3 Å². The molecule has 2 heterocycles. The molecule has 24 heavy (non-hydrogen) atoms. The summed E-state index contributed by atoms with van der Waals surface area (Å²) in [5, 5.41) is 11.5. The summed E-state index contributed by atoms with van der Waals surface area (Å²) in [5.74, 6) is -5.54. The molecule has 0 amide bonds. The number of benzene rings is 1. The molecule has 0 bridgehead atoms. The van der Waals surface area contributed by atoms with Crippen LogP contribution >= 0.6 is 0 Å². The molecule has 0 radical (unpaired) electrons. The van der Waals surface area contributed by atoms with Gasteiger partial charge in [-0.15, -0.1) is 0 Å². The predicted molar refractivity (Wildman–Crippen MR) is 95.7 cm³/mol. The van der Waals surface area contributed by atoms with E-state index in [1.807, 2.05) is 0 Å². The van der Waals surface area contributed by atoms with Crippen LogP contribution in [0.3, 0.4) is 0 Å². The molecule has 0 spiro atoms. The van der Waals surface area contributed by atoms with E-state index in [4.69, 9.17) is 36.9 Å². The first kappa shape index (κ1) is 5.37. The first-order valence-electron chi connectivity index (χ1n) is 17.2. The fraction of sp³-hybridized carbons (Fsp3) is 0.700. The minimum atomic E-state index is -4.24. The molecule has 1 aromatic carbocycles. The Morgan fingerprint density at radius 2 is 2.17 bits per heavy atom. The average molecular weight is 354 g/mol. The first-order valence-corrected chi connectivity index (χ1v) is 7.17. The van der Waals surface area contributed by atoms with E-state index in [0.717, 1.165) is 12.1 Å². The second-order valence-electron chi connectivity index (χ2n) is 5.78. The third kappa shape index (κ3) is 3.40. The van der Waals surface area contributed by atoms with E-state index in [-0.39, 0.29) is 17.5 Å². The quantitative estimate of drug-likeness (QED) is 0.904. The van der Waals surface area contributed by atoms with Crippen molar-refractivity contribution in [2.45, 2.75) is 51.9 Å². The van der Waals surface area contributed by atoms with Gasteiger partial charge in [0.05, 0.1) is 29.8 Å². The van der Waals surface area contributed by atoms with Crippen LogP contribution in [0.5, 0.6) is 11.5 Å². The number of rotatable bonds is 3. The summed E-state index contributed by atoms with van der Waals surface area (Å²) in [7, 11) is -6.30. The predicted octanol–water partition coefficient (Wildman–Crippen LogP) is 3.42. The standard InChI is InChI=1S/C20H31NO3/c1-20(2,3)11-14-12-21-7-6-13-8-18(23-4)19(24-5)9-15(13)16(21)10-17(14)22/h8-9,14,16-17,22H,6-7,10-12H2,1-5H3/i1D3,2D3,4D3,5D3,10D2,11D2,12D2,14D,17D. The van der Waals surface area contributed by atoms with Gasteiger partial charge in [0.1, 0.15) is 0 Å². The normalized spacial score (nSPS) is 52.7. The van der Waals surface area contributed by atoms with Crippen molar-refractivity contribution in [3.8, 4) is 11.5 Å². The monoisotopic (exact) mass is 353 g/mol. The van der Waals surface area contributed by atoms with E-state index in [9.17, 15) is 5.11 Å². The molecule has 1 fully saturated rings. The molecule has 2 aliphatic rings. The van der Waals surface area contributed by atoms with Gasteiger partial charge < -0.3 is 14.6 Å². The SMILES string of the molecule is [2H]C([2H])([2H])Oc1cc2c(cc1OC([2H])([2H])[2H])C1N(CC2)C([2H])([2H])C([2H])(C([2H])([2H])C(C)(C([2H])([2H])[2H])C([2H])([2H])[2H])C([2H])(O)C1([2H])[2H]. The van der Waals surface area contributed by atoms with Gasteiger partial charge in [-0.05, 0) is 53.7 Å². The Bertz CT molecular complexity index is 1270. The summed E-state index contributed by atoms with van der Waals surface area (Å²) in [6.07, 6.45) is -12.3. The fourth-order valence-electron chi connectivity index (χ4n) is 2.80. The average Bonchev–Trinajstić information content (AvgIpc) is 2.77. The van der Waals surface area contributed by atoms with Crippen LogP contribution in [0.25, 0.3) is 0 Å². The van der Waals surface area contributed by atoms with Crippen LogP contribution in [0.1, 0.15) is 78.0 Å². The topological polar surface area (TPSA) is 41.9 Å². The minimum Gasteiger partial charge on any atom is -0.493 e. The van der Waals surface area contributed by atoms with Crippen molar-refractivity contribution in [2.24, 2.45) is 11.3 Å². The molecular weight excluding hydrogens is 302 g/mol. The Hall–Kier alpha value is -1.26. The van der Waals surface area contributed by atoms with Crippen LogP contribution in [-0.4, -0.2) is 43.2 Å². The molecule has 3 unspecified atom stereocenters. The molecule has 4 heteroatoms. The van der Waals surface area contributed by atoms with Gasteiger partial charge in [-0.3, -0.25) is 4.90 Å². The minimum absolute atomic E-state index is 0.0363. The lowest BCUT2D eigenvalue weighted by Crippen LogP contribution is -2.48. The highest BCUT2D eigenvalue weighted by atomic mass is 16.5. The molecule has 3 atom stereocenters. The van der Waals surface area contributed by atoms with Crippen LogP contribution in [0.4, 0.5) is 0 Å². The van der Waals surface area contributed by atoms with Crippen molar-refractivity contribution in [1.29, 1.82) is 0 Å². The Balaban J connectivity index is 2.38. The van der Waals surface area contributed by atoms with Crippen LogP contribution < -0.4 is 9.47 Å². The van der Waals surface area contributed by atoms with E-state index < -0.39 is 88.5 Å². The van der Waals surface area contributed by atoms with Gasteiger partial charge in [0.15, 0.2) is 11.5 Å². The summed E-state index contributed by atoms with van der Waals surface area (Å²) in [6, 6.07) is -0.313. The summed E-state index contributed by atoms with van der Waals surface area (Å²) < 4.78 is 172. The second kappa shape index (κ2) is 6.57. The number of hydrogen-bond donors (Lipinski definition) is 1. The van der Waals surface area contributed by atoms with Gasteiger partial charge in [0.25, 0.3) is 0 Å². The number of piperidine rings is 1. The van der Waals surface area contributed by atoms with E-state index in [1.54, 1.807) is 0 Å².